The van der Waals surface area contributed by atoms with Crippen molar-refractivity contribution in [1.29, 1.82) is 0 Å². The van der Waals surface area contributed by atoms with Gasteiger partial charge in [0.2, 0.25) is 11.7 Å². The molecule has 3 aromatic rings. The van der Waals surface area contributed by atoms with Crippen LogP contribution in [0.15, 0.2) is 53.1 Å². The Balaban J connectivity index is 1.71. The Hall–Kier alpha value is -3.22. The molecular weight excluding hydrogens is 373 g/mol. The SMILES string of the molecule is COc1cccc(-c2noc(CCN(CC(C)C)C(=O)c3cccc(F)c3)n2)c1. The minimum Gasteiger partial charge on any atom is -0.497 e. The lowest BCUT2D eigenvalue weighted by Crippen LogP contribution is -2.36. The van der Waals surface area contributed by atoms with Crippen LogP contribution in [-0.2, 0) is 6.42 Å². The molecule has 0 N–H and O–H groups in total. The summed E-state index contributed by atoms with van der Waals surface area (Å²) < 4.78 is 24.1. The summed E-state index contributed by atoms with van der Waals surface area (Å²) in [4.78, 5) is 18.9. The molecule has 0 bridgehead atoms. The Morgan fingerprint density at radius 3 is 2.72 bits per heavy atom. The highest BCUT2D eigenvalue weighted by Crippen LogP contribution is 2.21. The molecule has 0 fully saturated rings. The summed E-state index contributed by atoms with van der Waals surface area (Å²) in [6.07, 6.45) is 0.407. The van der Waals surface area contributed by atoms with Crippen molar-refractivity contribution in [2.75, 3.05) is 20.2 Å². The largest absolute Gasteiger partial charge is 0.497 e. The summed E-state index contributed by atoms with van der Waals surface area (Å²) in [5.41, 5.74) is 1.11. The van der Waals surface area contributed by atoms with Gasteiger partial charge in [-0.1, -0.05) is 37.2 Å². The molecule has 7 heteroatoms. The Morgan fingerprint density at radius 2 is 2.00 bits per heavy atom. The van der Waals surface area contributed by atoms with Gasteiger partial charge in [-0.2, -0.15) is 4.98 Å². The van der Waals surface area contributed by atoms with Crippen molar-refractivity contribution < 1.29 is 18.4 Å². The molecule has 1 amide bonds. The lowest BCUT2D eigenvalue weighted by atomic mass is 10.1. The van der Waals surface area contributed by atoms with Crippen molar-refractivity contribution >= 4 is 5.91 Å². The Labute approximate surface area is 169 Å². The molecule has 0 aliphatic rings. The summed E-state index contributed by atoms with van der Waals surface area (Å²) in [5, 5.41) is 4.02. The van der Waals surface area contributed by atoms with Crippen molar-refractivity contribution in [2.24, 2.45) is 5.92 Å². The normalized spacial score (nSPS) is 10.9. The molecule has 1 aromatic heterocycles. The minimum atomic E-state index is -0.430. The first-order valence-electron chi connectivity index (χ1n) is 9.48. The minimum absolute atomic E-state index is 0.217. The lowest BCUT2D eigenvalue weighted by molar-refractivity contribution is 0.0734. The first-order chi connectivity index (χ1) is 14.0. The topological polar surface area (TPSA) is 68.5 Å². The van der Waals surface area contributed by atoms with Gasteiger partial charge in [0.25, 0.3) is 5.91 Å². The molecule has 0 radical (unpaired) electrons. The summed E-state index contributed by atoms with van der Waals surface area (Å²) in [7, 11) is 1.60. The number of carbonyl (C=O) groups is 1. The van der Waals surface area contributed by atoms with Crippen LogP contribution in [0.4, 0.5) is 4.39 Å². The monoisotopic (exact) mass is 397 g/mol. The third-order valence-electron chi connectivity index (χ3n) is 4.34. The molecule has 0 saturated carbocycles. The van der Waals surface area contributed by atoms with Crippen LogP contribution in [0.5, 0.6) is 5.75 Å². The van der Waals surface area contributed by atoms with Crippen LogP contribution in [0.25, 0.3) is 11.4 Å². The molecule has 0 aliphatic carbocycles. The maximum Gasteiger partial charge on any atom is 0.253 e. The quantitative estimate of drug-likeness (QED) is 0.569. The number of halogens is 1. The van der Waals surface area contributed by atoms with Crippen molar-refractivity contribution in [3.63, 3.8) is 0 Å². The second-order valence-corrected chi connectivity index (χ2v) is 7.15. The van der Waals surface area contributed by atoms with Gasteiger partial charge in [-0.3, -0.25) is 4.79 Å². The van der Waals surface area contributed by atoms with Crippen LogP contribution in [0.2, 0.25) is 0 Å². The van der Waals surface area contributed by atoms with E-state index >= 15 is 0 Å². The van der Waals surface area contributed by atoms with Crippen LogP contribution >= 0.6 is 0 Å². The van der Waals surface area contributed by atoms with E-state index < -0.39 is 5.82 Å². The van der Waals surface area contributed by atoms with E-state index in [0.29, 0.717) is 42.5 Å². The maximum absolute atomic E-state index is 13.5. The first kappa shape index (κ1) is 20.5. The average Bonchev–Trinajstić information content (AvgIpc) is 3.19. The van der Waals surface area contributed by atoms with Crippen LogP contribution in [0.3, 0.4) is 0 Å². The second-order valence-electron chi connectivity index (χ2n) is 7.15. The molecule has 29 heavy (non-hydrogen) atoms. The van der Waals surface area contributed by atoms with Crippen LogP contribution in [-0.4, -0.2) is 41.1 Å². The van der Waals surface area contributed by atoms with Crippen molar-refractivity contribution in [1.82, 2.24) is 15.0 Å². The second kappa shape index (κ2) is 9.32. The van der Waals surface area contributed by atoms with Gasteiger partial charge in [-0.15, -0.1) is 0 Å². The molecule has 0 unspecified atom stereocenters. The lowest BCUT2D eigenvalue weighted by Gasteiger charge is -2.24. The van der Waals surface area contributed by atoms with Crippen LogP contribution in [0.1, 0.15) is 30.1 Å². The Kier molecular flexibility index (Phi) is 6.59. The van der Waals surface area contributed by atoms with Crippen LogP contribution < -0.4 is 4.74 Å². The van der Waals surface area contributed by atoms with E-state index in [9.17, 15) is 9.18 Å². The van der Waals surface area contributed by atoms with Gasteiger partial charge in [0.15, 0.2) is 0 Å². The highest BCUT2D eigenvalue weighted by molar-refractivity contribution is 5.94. The summed E-state index contributed by atoms with van der Waals surface area (Å²) in [6, 6.07) is 13.1. The predicted molar refractivity (Wildman–Crippen MR) is 107 cm³/mol. The molecule has 6 nitrogen and oxygen atoms in total. The third kappa shape index (κ3) is 5.40. The number of carbonyl (C=O) groups excluding carboxylic acids is 1. The fourth-order valence-electron chi connectivity index (χ4n) is 2.99. The van der Waals surface area contributed by atoms with Crippen molar-refractivity contribution in [3.8, 4) is 17.1 Å². The smallest absolute Gasteiger partial charge is 0.253 e. The van der Waals surface area contributed by atoms with E-state index in [4.69, 9.17) is 9.26 Å². The van der Waals surface area contributed by atoms with E-state index in [2.05, 4.69) is 10.1 Å². The van der Waals surface area contributed by atoms with Gasteiger partial charge in [0.05, 0.1) is 7.11 Å². The van der Waals surface area contributed by atoms with Crippen molar-refractivity contribution in [2.45, 2.75) is 20.3 Å². The maximum atomic E-state index is 13.5. The zero-order valence-electron chi connectivity index (χ0n) is 16.8. The van der Waals surface area contributed by atoms with E-state index in [0.717, 1.165) is 5.56 Å². The molecule has 3 rings (SSSR count). The van der Waals surface area contributed by atoms with E-state index in [-0.39, 0.29) is 11.8 Å². The zero-order valence-corrected chi connectivity index (χ0v) is 16.8. The highest BCUT2D eigenvalue weighted by atomic mass is 19.1. The van der Waals surface area contributed by atoms with Gasteiger partial charge < -0.3 is 14.2 Å². The molecule has 152 valence electrons. The molecule has 0 aliphatic heterocycles. The van der Waals surface area contributed by atoms with Gasteiger partial charge in [-0.05, 0) is 36.2 Å². The van der Waals surface area contributed by atoms with Gasteiger partial charge in [0, 0.05) is 30.6 Å². The first-order valence-corrected chi connectivity index (χ1v) is 9.48. The Morgan fingerprint density at radius 1 is 1.21 bits per heavy atom. The number of methoxy groups -OCH3 is 1. The number of amides is 1. The summed E-state index contributed by atoms with van der Waals surface area (Å²) >= 11 is 0. The van der Waals surface area contributed by atoms with E-state index in [1.54, 1.807) is 18.1 Å². The van der Waals surface area contributed by atoms with Gasteiger partial charge in [0.1, 0.15) is 11.6 Å². The number of hydrogen-bond acceptors (Lipinski definition) is 5. The highest BCUT2D eigenvalue weighted by Gasteiger charge is 2.19. The Bertz CT molecular complexity index is 971. The molecule has 2 aromatic carbocycles. The molecule has 0 spiro atoms. The summed E-state index contributed by atoms with van der Waals surface area (Å²) in [5.74, 6) is 1.22. The number of hydrogen-bond donors (Lipinski definition) is 0. The van der Waals surface area contributed by atoms with Crippen molar-refractivity contribution in [3.05, 3.63) is 65.8 Å². The molecule has 1 heterocycles. The standard InChI is InChI=1S/C22H24FN3O3/c1-15(2)14-26(22(27)17-7-4-8-18(23)12-17)11-10-20-24-21(25-29-20)16-6-5-9-19(13-16)28-3/h4-9,12-13,15H,10-11,14H2,1-3H3. The van der Waals surface area contributed by atoms with E-state index in [1.807, 2.05) is 38.1 Å². The summed E-state index contributed by atoms with van der Waals surface area (Å²) in [6.45, 7) is 5.00. The van der Waals surface area contributed by atoms with E-state index in [1.165, 1.54) is 18.2 Å². The number of nitrogens with zero attached hydrogens (tertiary/aromatic N) is 3. The molecule has 0 saturated heterocycles. The van der Waals surface area contributed by atoms with Crippen LogP contribution in [0, 0.1) is 11.7 Å². The zero-order chi connectivity index (χ0) is 20.8. The average molecular weight is 397 g/mol. The van der Waals surface area contributed by atoms with Gasteiger partial charge in [-0.25, -0.2) is 4.39 Å². The van der Waals surface area contributed by atoms with Gasteiger partial charge >= 0.3 is 0 Å². The predicted octanol–water partition coefficient (Wildman–Crippen LogP) is 4.23. The molecule has 0 atom stereocenters. The number of ether oxygens (including phenoxy) is 1. The third-order valence-corrected chi connectivity index (χ3v) is 4.34. The fraction of sp³-hybridized carbons (Fsp3) is 0.318. The number of rotatable bonds is 8. The fourth-order valence-corrected chi connectivity index (χ4v) is 2.99. The molecular formula is C22H24FN3O3. The number of aromatic nitrogens is 2. The number of benzene rings is 2.